The summed E-state index contributed by atoms with van der Waals surface area (Å²) < 4.78 is 56.0. The van der Waals surface area contributed by atoms with Gasteiger partial charge in [0, 0.05) is 5.70 Å². The first-order chi connectivity index (χ1) is 16.0. The summed E-state index contributed by atoms with van der Waals surface area (Å²) in [6.07, 6.45) is -5.98. The number of hydrogen-bond acceptors (Lipinski definition) is 8. The number of benzene rings is 1. The molecule has 12 heteroatoms. The van der Waals surface area contributed by atoms with Crippen molar-refractivity contribution in [3.8, 4) is 0 Å². The summed E-state index contributed by atoms with van der Waals surface area (Å²) in [5.41, 5.74) is -1.35. The molecule has 8 nitrogen and oxygen atoms in total. The molecule has 1 aromatic rings. The maximum Gasteiger partial charge on any atom is 0.417 e. The van der Waals surface area contributed by atoms with Crippen molar-refractivity contribution in [3.63, 3.8) is 0 Å². The predicted molar refractivity (Wildman–Crippen MR) is 115 cm³/mol. The molecule has 1 heterocycles. The van der Waals surface area contributed by atoms with Gasteiger partial charge < -0.3 is 29.7 Å². The van der Waals surface area contributed by atoms with Crippen LogP contribution in [0.1, 0.15) is 30.9 Å². The van der Waals surface area contributed by atoms with E-state index in [0.717, 1.165) is 19.2 Å². The Balaban J connectivity index is 2.75. The molecule has 2 unspecified atom stereocenters. The van der Waals surface area contributed by atoms with Crippen LogP contribution >= 0.6 is 11.6 Å². The summed E-state index contributed by atoms with van der Waals surface area (Å²) in [5.74, 6) is -3.17. The molecule has 0 spiro atoms. The van der Waals surface area contributed by atoms with Crippen molar-refractivity contribution in [2.45, 2.75) is 32.0 Å². The van der Waals surface area contributed by atoms with Gasteiger partial charge in [-0.1, -0.05) is 23.7 Å². The first-order valence-corrected chi connectivity index (χ1v) is 10.5. The standard InChI is InChI=1S/C22H25ClF3NO7/c1-4-34-21(31)18-15(10-33-9-12(29)8-28)27-11(2)16(20(30)32-3)17(18)13-6-5-7-14(19(13)23)22(24,25)26/h5-7,12,17,27-29H,4,8-10H2,1-3H3. The first kappa shape index (κ1) is 27.6. The topological polar surface area (TPSA) is 114 Å². The minimum Gasteiger partial charge on any atom is -0.466 e. The van der Waals surface area contributed by atoms with Gasteiger partial charge in [0.1, 0.15) is 6.10 Å². The molecule has 188 valence electrons. The van der Waals surface area contributed by atoms with Crippen molar-refractivity contribution in [3.05, 3.63) is 56.9 Å². The normalized spacial score (nSPS) is 17.4. The number of alkyl halides is 3. The Hall–Kier alpha value is -2.60. The summed E-state index contributed by atoms with van der Waals surface area (Å²) in [6, 6.07) is 3.18. The van der Waals surface area contributed by atoms with Crippen molar-refractivity contribution in [1.29, 1.82) is 0 Å². The smallest absolute Gasteiger partial charge is 0.417 e. The molecule has 2 atom stereocenters. The summed E-state index contributed by atoms with van der Waals surface area (Å²) in [6.45, 7) is 1.79. The number of aliphatic hydroxyl groups is 2. The van der Waals surface area contributed by atoms with Gasteiger partial charge in [0.05, 0.1) is 66.9 Å². The molecule has 1 aliphatic rings. The zero-order chi connectivity index (χ0) is 25.6. The van der Waals surface area contributed by atoms with Crippen LogP contribution in [0.15, 0.2) is 40.7 Å². The first-order valence-electron chi connectivity index (χ1n) is 10.2. The van der Waals surface area contributed by atoms with Gasteiger partial charge in [-0.3, -0.25) is 0 Å². The van der Waals surface area contributed by atoms with Gasteiger partial charge in [-0.25, -0.2) is 9.59 Å². The molecular formula is C22H25ClF3NO7. The highest BCUT2D eigenvalue weighted by molar-refractivity contribution is 6.32. The fourth-order valence-corrected chi connectivity index (χ4v) is 3.84. The zero-order valence-electron chi connectivity index (χ0n) is 18.7. The Labute approximate surface area is 198 Å². The minimum atomic E-state index is -4.79. The average molecular weight is 508 g/mol. The van der Waals surface area contributed by atoms with E-state index in [2.05, 4.69) is 5.32 Å². The number of carbonyl (C=O) groups excluding carboxylic acids is 2. The fraction of sp³-hybridized carbons (Fsp3) is 0.455. The molecule has 0 bridgehead atoms. The highest BCUT2D eigenvalue weighted by atomic mass is 35.5. The molecular weight excluding hydrogens is 483 g/mol. The summed E-state index contributed by atoms with van der Waals surface area (Å²) in [7, 11) is 1.09. The van der Waals surface area contributed by atoms with Crippen LogP contribution < -0.4 is 5.32 Å². The molecule has 3 N–H and O–H groups in total. The highest BCUT2D eigenvalue weighted by Crippen LogP contribution is 2.45. The van der Waals surface area contributed by atoms with Crippen LogP contribution in [-0.4, -0.2) is 61.8 Å². The molecule has 0 aromatic heterocycles. The van der Waals surface area contributed by atoms with E-state index in [0.29, 0.717) is 0 Å². The molecule has 0 amide bonds. The number of halogens is 4. The van der Waals surface area contributed by atoms with E-state index in [1.54, 1.807) is 0 Å². The van der Waals surface area contributed by atoms with Crippen LogP contribution in [0.25, 0.3) is 0 Å². The minimum absolute atomic E-state index is 0.0566. The molecule has 0 fully saturated rings. The molecule has 0 saturated carbocycles. The zero-order valence-corrected chi connectivity index (χ0v) is 19.4. The molecule has 0 saturated heterocycles. The largest absolute Gasteiger partial charge is 0.466 e. The Bertz CT molecular complexity index is 991. The Morgan fingerprint density at radius 3 is 2.47 bits per heavy atom. The highest BCUT2D eigenvalue weighted by Gasteiger charge is 2.42. The summed E-state index contributed by atoms with van der Waals surface area (Å²) in [4.78, 5) is 25.7. The number of methoxy groups -OCH3 is 1. The second kappa shape index (κ2) is 11.7. The molecule has 34 heavy (non-hydrogen) atoms. The lowest BCUT2D eigenvalue weighted by Crippen LogP contribution is -2.35. The number of nitrogens with one attached hydrogen (secondary N) is 1. The molecule has 2 rings (SSSR count). The third kappa shape index (κ3) is 6.09. The van der Waals surface area contributed by atoms with E-state index in [4.69, 9.17) is 30.9 Å². The van der Waals surface area contributed by atoms with Gasteiger partial charge in [0.2, 0.25) is 0 Å². The van der Waals surface area contributed by atoms with Gasteiger partial charge in [-0.05, 0) is 25.5 Å². The predicted octanol–water partition coefficient (Wildman–Crippen LogP) is 2.68. The van der Waals surface area contributed by atoms with Gasteiger partial charge >= 0.3 is 18.1 Å². The van der Waals surface area contributed by atoms with E-state index in [1.165, 1.54) is 19.9 Å². The van der Waals surface area contributed by atoms with E-state index in [9.17, 15) is 27.9 Å². The molecule has 1 aromatic carbocycles. The van der Waals surface area contributed by atoms with Crippen molar-refractivity contribution in [2.75, 3.05) is 33.5 Å². The Kier molecular flexibility index (Phi) is 9.51. The third-order valence-corrected chi connectivity index (χ3v) is 5.38. The number of ether oxygens (including phenoxy) is 3. The number of carbonyl (C=O) groups is 2. The summed E-state index contributed by atoms with van der Waals surface area (Å²) in [5, 5.41) is 20.6. The Morgan fingerprint density at radius 1 is 1.24 bits per heavy atom. The van der Waals surface area contributed by atoms with Crippen molar-refractivity contribution >= 4 is 23.5 Å². The number of allylic oxidation sites excluding steroid dienone is 1. The Morgan fingerprint density at radius 2 is 1.91 bits per heavy atom. The van der Waals surface area contributed by atoms with Crippen LogP contribution in [-0.2, 0) is 30.0 Å². The lowest BCUT2D eigenvalue weighted by molar-refractivity contribution is -0.139. The number of aliphatic hydroxyl groups excluding tert-OH is 2. The molecule has 1 aliphatic heterocycles. The average Bonchev–Trinajstić information content (AvgIpc) is 2.77. The van der Waals surface area contributed by atoms with Crippen molar-refractivity contribution in [1.82, 2.24) is 5.32 Å². The van der Waals surface area contributed by atoms with Crippen LogP contribution in [0.2, 0.25) is 5.02 Å². The van der Waals surface area contributed by atoms with E-state index in [-0.39, 0.29) is 47.9 Å². The quantitative estimate of drug-likeness (QED) is 0.437. The molecule has 0 aliphatic carbocycles. The van der Waals surface area contributed by atoms with Gasteiger partial charge in [0.25, 0.3) is 0 Å². The number of esters is 2. The van der Waals surface area contributed by atoms with Crippen LogP contribution in [0, 0.1) is 0 Å². The maximum atomic E-state index is 13.6. The van der Waals surface area contributed by atoms with E-state index in [1.807, 2.05) is 0 Å². The number of hydrogen-bond donors (Lipinski definition) is 3. The van der Waals surface area contributed by atoms with Gasteiger partial charge in [0.15, 0.2) is 0 Å². The van der Waals surface area contributed by atoms with Crippen molar-refractivity contribution in [2.24, 2.45) is 0 Å². The van der Waals surface area contributed by atoms with Crippen LogP contribution in [0.4, 0.5) is 13.2 Å². The molecule has 0 radical (unpaired) electrons. The van der Waals surface area contributed by atoms with Crippen LogP contribution in [0.5, 0.6) is 0 Å². The third-order valence-electron chi connectivity index (χ3n) is 4.96. The summed E-state index contributed by atoms with van der Waals surface area (Å²) >= 11 is 6.17. The van der Waals surface area contributed by atoms with Gasteiger partial charge in [-0.2, -0.15) is 13.2 Å². The van der Waals surface area contributed by atoms with E-state index < -0.39 is 47.3 Å². The number of rotatable bonds is 9. The fourth-order valence-electron chi connectivity index (χ4n) is 3.49. The lowest BCUT2D eigenvalue weighted by Gasteiger charge is -2.32. The SMILES string of the molecule is CCOC(=O)C1=C(COCC(O)CO)NC(C)=C(C(=O)OC)C1c1cccc(C(F)(F)F)c1Cl. The lowest BCUT2D eigenvalue weighted by atomic mass is 9.79. The van der Waals surface area contributed by atoms with Crippen LogP contribution in [0.3, 0.4) is 0 Å². The maximum absolute atomic E-state index is 13.6. The monoisotopic (exact) mass is 507 g/mol. The second-order valence-electron chi connectivity index (χ2n) is 7.26. The number of dihydropyridines is 1. The van der Waals surface area contributed by atoms with E-state index >= 15 is 0 Å². The van der Waals surface area contributed by atoms with Crippen molar-refractivity contribution < 1.29 is 47.2 Å². The van der Waals surface area contributed by atoms with Gasteiger partial charge in [-0.15, -0.1) is 0 Å². The second-order valence-corrected chi connectivity index (χ2v) is 7.64.